The number of halogens is 1. The van der Waals surface area contributed by atoms with Crippen LogP contribution in [0, 0.1) is 6.92 Å². The van der Waals surface area contributed by atoms with Crippen molar-refractivity contribution in [3.8, 4) is 5.75 Å². The molecule has 122 valence electrons. The molecule has 0 fully saturated rings. The van der Waals surface area contributed by atoms with E-state index in [1.807, 2.05) is 50.4 Å². The fourth-order valence-corrected chi connectivity index (χ4v) is 2.52. The summed E-state index contributed by atoms with van der Waals surface area (Å²) in [6.45, 7) is 3.10. The van der Waals surface area contributed by atoms with Gasteiger partial charge in [-0.15, -0.1) is 0 Å². The Labute approximate surface area is 142 Å². The van der Waals surface area contributed by atoms with E-state index in [2.05, 4.69) is 5.32 Å². The number of carbonyl (C=O) groups excluding carboxylic acids is 1. The van der Waals surface area contributed by atoms with Crippen molar-refractivity contribution in [1.82, 2.24) is 0 Å². The lowest BCUT2D eigenvalue weighted by atomic mass is 10.2. The lowest BCUT2D eigenvalue weighted by Crippen LogP contribution is -3.08. The molecule has 0 saturated carbocycles. The van der Waals surface area contributed by atoms with Gasteiger partial charge in [0.1, 0.15) is 12.3 Å². The molecule has 0 aromatic heterocycles. The maximum absolute atomic E-state index is 12.2. The van der Waals surface area contributed by atoms with Crippen molar-refractivity contribution in [2.45, 2.75) is 13.5 Å². The summed E-state index contributed by atoms with van der Waals surface area (Å²) in [6.07, 6.45) is 0. The fourth-order valence-electron chi connectivity index (χ4n) is 2.35. The number of nitrogens with one attached hydrogen (secondary N) is 2. The molecule has 0 saturated heterocycles. The predicted octanol–water partition coefficient (Wildman–Crippen LogP) is 2.31. The standard InChI is InChI=1S/C18H21ClN2O2/c1-13-4-7-15(19)10-17(13)20-18(22)12-21(2)11-14-5-8-16(23-3)9-6-14/h4-10H,11-12H2,1-3H3,(H,20,22)/p+1. The first-order chi connectivity index (χ1) is 11.0. The summed E-state index contributed by atoms with van der Waals surface area (Å²) in [4.78, 5) is 13.3. The molecular formula is C18H22ClN2O2+. The quantitative estimate of drug-likeness (QED) is 0.852. The largest absolute Gasteiger partial charge is 0.497 e. The molecule has 1 amide bonds. The van der Waals surface area contributed by atoms with Gasteiger partial charge in [-0.2, -0.15) is 0 Å². The summed E-state index contributed by atoms with van der Waals surface area (Å²) < 4.78 is 5.14. The number of anilines is 1. The van der Waals surface area contributed by atoms with Gasteiger partial charge in [0.2, 0.25) is 0 Å². The van der Waals surface area contributed by atoms with Crippen molar-refractivity contribution in [2.24, 2.45) is 0 Å². The van der Waals surface area contributed by atoms with Gasteiger partial charge in [-0.3, -0.25) is 4.79 Å². The first-order valence-electron chi connectivity index (χ1n) is 7.48. The van der Waals surface area contributed by atoms with E-state index in [4.69, 9.17) is 16.3 Å². The first-order valence-corrected chi connectivity index (χ1v) is 7.86. The second kappa shape index (κ2) is 7.99. The molecule has 23 heavy (non-hydrogen) atoms. The van der Waals surface area contributed by atoms with Gasteiger partial charge in [0.25, 0.3) is 5.91 Å². The molecule has 5 heteroatoms. The summed E-state index contributed by atoms with van der Waals surface area (Å²) in [5.74, 6) is 0.807. The van der Waals surface area contributed by atoms with E-state index in [9.17, 15) is 4.79 Å². The molecule has 2 aromatic carbocycles. The van der Waals surface area contributed by atoms with Crippen molar-refractivity contribution in [3.05, 3.63) is 58.6 Å². The van der Waals surface area contributed by atoms with Crippen molar-refractivity contribution in [1.29, 1.82) is 0 Å². The number of methoxy groups -OCH3 is 1. The van der Waals surface area contributed by atoms with Gasteiger partial charge >= 0.3 is 0 Å². The van der Waals surface area contributed by atoms with Crippen LogP contribution in [0.15, 0.2) is 42.5 Å². The van der Waals surface area contributed by atoms with Crippen LogP contribution in [0.1, 0.15) is 11.1 Å². The number of rotatable bonds is 6. The minimum absolute atomic E-state index is 0.0265. The average molecular weight is 334 g/mol. The fraction of sp³-hybridized carbons (Fsp3) is 0.278. The van der Waals surface area contributed by atoms with Gasteiger partial charge in [-0.1, -0.05) is 17.7 Å². The van der Waals surface area contributed by atoms with E-state index < -0.39 is 0 Å². The Kier molecular flexibility index (Phi) is 6.02. The second-order valence-electron chi connectivity index (χ2n) is 5.67. The monoisotopic (exact) mass is 333 g/mol. The van der Waals surface area contributed by atoms with Crippen LogP contribution in [0.2, 0.25) is 5.02 Å². The molecule has 0 aliphatic heterocycles. The number of likely N-dealkylation sites (N-methyl/N-ethyl adjacent to an activating group) is 1. The lowest BCUT2D eigenvalue weighted by Gasteiger charge is -2.15. The minimum atomic E-state index is -0.0265. The molecular weight excluding hydrogens is 312 g/mol. The maximum Gasteiger partial charge on any atom is 0.279 e. The van der Waals surface area contributed by atoms with Crippen LogP contribution >= 0.6 is 11.6 Å². The average Bonchev–Trinajstić information content (AvgIpc) is 2.51. The Morgan fingerprint density at radius 3 is 2.57 bits per heavy atom. The van der Waals surface area contributed by atoms with Crippen molar-refractivity contribution in [3.63, 3.8) is 0 Å². The van der Waals surface area contributed by atoms with Crippen LogP contribution in [0.25, 0.3) is 0 Å². The van der Waals surface area contributed by atoms with Crippen LogP contribution < -0.4 is 15.0 Å². The highest BCUT2D eigenvalue weighted by atomic mass is 35.5. The van der Waals surface area contributed by atoms with Crippen molar-refractivity contribution in [2.75, 3.05) is 26.0 Å². The molecule has 0 bridgehead atoms. The van der Waals surface area contributed by atoms with E-state index >= 15 is 0 Å². The number of carbonyl (C=O) groups is 1. The second-order valence-corrected chi connectivity index (χ2v) is 6.10. The third kappa shape index (κ3) is 5.27. The highest BCUT2D eigenvalue weighted by molar-refractivity contribution is 6.31. The number of benzene rings is 2. The molecule has 2 aromatic rings. The van der Waals surface area contributed by atoms with Crippen LogP contribution in [0.5, 0.6) is 5.75 Å². The SMILES string of the molecule is COc1ccc(C[NH+](C)CC(=O)Nc2cc(Cl)ccc2C)cc1. The van der Waals surface area contributed by atoms with E-state index in [-0.39, 0.29) is 5.91 Å². The molecule has 1 atom stereocenters. The van der Waals surface area contributed by atoms with Crippen LogP contribution in [0.4, 0.5) is 5.69 Å². The highest BCUT2D eigenvalue weighted by Gasteiger charge is 2.12. The minimum Gasteiger partial charge on any atom is -0.497 e. The van der Waals surface area contributed by atoms with E-state index in [0.29, 0.717) is 11.6 Å². The lowest BCUT2D eigenvalue weighted by molar-refractivity contribution is -0.885. The molecule has 2 rings (SSSR count). The molecule has 4 nitrogen and oxygen atoms in total. The maximum atomic E-state index is 12.2. The van der Waals surface area contributed by atoms with E-state index in [1.165, 1.54) is 0 Å². The van der Waals surface area contributed by atoms with Gasteiger partial charge in [0.05, 0.1) is 14.2 Å². The van der Waals surface area contributed by atoms with E-state index in [1.54, 1.807) is 13.2 Å². The van der Waals surface area contributed by atoms with Crippen LogP contribution in [0.3, 0.4) is 0 Å². The third-order valence-electron chi connectivity index (χ3n) is 3.60. The summed E-state index contributed by atoms with van der Waals surface area (Å²) in [5.41, 5.74) is 2.92. The zero-order valence-electron chi connectivity index (χ0n) is 13.7. The number of amides is 1. The predicted molar refractivity (Wildman–Crippen MR) is 93.3 cm³/mol. The summed E-state index contributed by atoms with van der Waals surface area (Å²) in [6, 6.07) is 13.4. The molecule has 0 aliphatic carbocycles. The van der Waals surface area contributed by atoms with Gasteiger partial charge in [-0.25, -0.2) is 0 Å². The van der Waals surface area contributed by atoms with Gasteiger partial charge in [-0.05, 0) is 48.9 Å². The Balaban J connectivity index is 1.90. The zero-order valence-corrected chi connectivity index (χ0v) is 14.4. The molecule has 0 aliphatic rings. The molecule has 0 heterocycles. The highest BCUT2D eigenvalue weighted by Crippen LogP contribution is 2.19. The van der Waals surface area contributed by atoms with Crippen molar-refractivity contribution >= 4 is 23.2 Å². The Bertz CT molecular complexity index is 671. The van der Waals surface area contributed by atoms with Crippen LogP contribution in [-0.4, -0.2) is 26.6 Å². The normalized spacial score (nSPS) is 11.8. The zero-order chi connectivity index (χ0) is 16.8. The number of ether oxygens (including phenoxy) is 1. The first kappa shape index (κ1) is 17.3. The summed E-state index contributed by atoms with van der Waals surface area (Å²) in [7, 11) is 3.64. The number of hydrogen-bond acceptors (Lipinski definition) is 2. The summed E-state index contributed by atoms with van der Waals surface area (Å²) in [5, 5.41) is 3.54. The molecule has 0 spiro atoms. The number of quaternary nitrogens is 1. The third-order valence-corrected chi connectivity index (χ3v) is 3.84. The van der Waals surface area contributed by atoms with E-state index in [0.717, 1.165) is 34.0 Å². The summed E-state index contributed by atoms with van der Waals surface area (Å²) >= 11 is 5.97. The topological polar surface area (TPSA) is 42.8 Å². The van der Waals surface area contributed by atoms with Gasteiger partial charge < -0.3 is 15.0 Å². The van der Waals surface area contributed by atoms with Crippen LogP contribution in [-0.2, 0) is 11.3 Å². The Morgan fingerprint density at radius 2 is 1.91 bits per heavy atom. The number of hydrogen-bond donors (Lipinski definition) is 2. The smallest absolute Gasteiger partial charge is 0.279 e. The molecule has 1 unspecified atom stereocenters. The van der Waals surface area contributed by atoms with Gasteiger partial charge in [0, 0.05) is 16.3 Å². The molecule has 0 radical (unpaired) electrons. The Morgan fingerprint density at radius 1 is 1.22 bits per heavy atom. The number of aryl methyl sites for hydroxylation is 1. The Hall–Kier alpha value is -2.04. The molecule has 2 N–H and O–H groups in total. The van der Waals surface area contributed by atoms with Crippen molar-refractivity contribution < 1.29 is 14.4 Å². The van der Waals surface area contributed by atoms with Gasteiger partial charge in [0.15, 0.2) is 6.54 Å².